The molecular formula is C28H23N5O6. The summed E-state index contributed by atoms with van der Waals surface area (Å²) in [6.45, 7) is 0. The molecule has 0 fully saturated rings. The maximum atomic E-state index is 12.7. The van der Waals surface area contributed by atoms with Gasteiger partial charge in [-0.15, -0.1) is 0 Å². The van der Waals surface area contributed by atoms with Crippen LogP contribution < -0.4 is 26.4 Å². The summed E-state index contributed by atoms with van der Waals surface area (Å²) in [4.78, 5) is 48.3. The van der Waals surface area contributed by atoms with E-state index in [0.29, 0.717) is 34.0 Å². The first-order chi connectivity index (χ1) is 18.7. The summed E-state index contributed by atoms with van der Waals surface area (Å²) in [7, 11) is 0. The number of imide groups is 1. The van der Waals surface area contributed by atoms with Gasteiger partial charge in [0.05, 0.1) is 17.2 Å². The van der Waals surface area contributed by atoms with Crippen LogP contribution >= 0.6 is 0 Å². The van der Waals surface area contributed by atoms with Crippen LogP contribution in [0.4, 0.5) is 11.4 Å². The molecule has 3 aromatic rings. The summed E-state index contributed by atoms with van der Waals surface area (Å²) in [6.07, 6.45) is -0.287. The van der Waals surface area contributed by atoms with Crippen molar-refractivity contribution in [1.29, 1.82) is 5.26 Å². The lowest BCUT2D eigenvalue weighted by Crippen LogP contribution is -2.36. The van der Waals surface area contributed by atoms with E-state index in [1.54, 1.807) is 66.7 Å². The Hall–Kier alpha value is -5.47. The molecule has 0 radical (unpaired) electrons. The second-order valence-corrected chi connectivity index (χ2v) is 8.50. The Bertz CT molecular complexity index is 1520. The Labute approximate surface area is 222 Å². The number of nitrogens with one attached hydrogen (secondary N) is 3. The van der Waals surface area contributed by atoms with Gasteiger partial charge in [-0.2, -0.15) is 5.26 Å². The molecule has 11 heteroatoms. The zero-order chi connectivity index (χ0) is 27.9. The summed E-state index contributed by atoms with van der Waals surface area (Å²) < 4.78 is 5.77. The fraction of sp³-hybridized carbons (Fsp3) is 0.107. The predicted octanol–water partition coefficient (Wildman–Crippen LogP) is 2.96. The van der Waals surface area contributed by atoms with Gasteiger partial charge in [-0.1, -0.05) is 24.3 Å². The molecule has 3 amide bonds. The van der Waals surface area contributed by atoms with Crippen LogP contribution in [0.5, 0.6) is 11.5 Å². The third-order valence-corrected chi connectivity index (χ3v) is 5.71. The minimum Gasteiger partial charge on any atom is -0.481 e. The van der Waals surface area contributed by atoms with E-state index in [9.17, 15) is 24.4 Å². The maximum Gasteiger partial charge on any atom is 0.303 e. The number of carboxylic acids is 1. The number of nitrogens with zero attached hydrogens (tertiary/aromatic N) is 1. The van der Waals surface area contributed by atoms with E-state index < -0.39 is 29.7 Å². The number of carbonyl (C=O) groups excluding carboxylic acids is 3. The van der Waals surface area contributed by atoms with E-state index in [1.165, 1.54) is 6.07 Å². The molecule has 1 aliphatic rings. The first-order valence-electron chi connectivity index (χ1n) is 11.8. The Morgan fingerprint density at radius 2 is 1.74 bits per heavy atom. The largest absolute Gasteiger partial charge is 0.481 e. The van der Waals surface area contributed by atoms with Crippen LogP contribution in [0.25, 0.3) is 5.57 Å². The van der Waals surface area contributed by atoms with Crippen molar-refractivity contribution < 1.29 is 29.0 Å². The van der Waals surface area contributed by atoms with Gasteiger partial charge in [0.1, 0.15) is 23.3 Å². The summed E-state index contributed by atoms with van der Waals surface area (Å²) in [6, 6.07) is 20.7. The number of amides is 3. The van der Waals surface area contributed by atoms with E-state index in [-0.39, 0.29) is 24.1 Å². The van der Waals surface area contributed by atoms with Gasteiger partial charge in [-0.3, -0.25) is 24.5 Å². The van der Waals surface area contributed by atoms with Crippen molar-refractivity contribution in [3.63, 3.8) is 0 Å². The number of anilines is 2. The molecule has 0 aliphatic carbocycles. The molecule has 1 atom stereocenters. The molecule has 39 heavy (non-hydrogen) atoms. The summed E-state index contributed by atoms with van der Waals surface area (Å²) in [5, 5.41) is 25.8. The van der Waals surface area contributed by atoms with E-state index in [2.05, 4.69) is 22.0 Å². The van der Waals surface area contributed by atoms with E-state index >= 15 is 0 Å². The molecule has 0 unspecified atom stereocenters. The molecule has 6 N–H and O–H groups in total. The normalized spacial score (nSPS) is 13.3. The summed E-state index contributed by atoms with van der Waals surface area (Å²) in [5.74, 6) is -2.00. The number of hydrogen-bond acceptors (Lipinski definition) is 8. The zero-order valence-electron chi connectivity index (χ0n) is 20.4. The van der Waals surface area contributed by atoms with Gasteiger partial charge >= 0.3 is 5.97 Å². The van der Waals surface area contributed by atoms with Crippen LogP contribution in [0.15, 0.2) is 78.5 Å². The van der Waals surface area contributed by atoms with Crippen molar-refractivity contribution in [2.24, 2.45) is 5.73 Å². The highest BCUT2D eigenvalue weighted by atomic mass is 16.5. The van der Waals surface area contributed by atoms with Gasteiger partial charge in [0.25, 0.3) is 11.8 Å². The highest BCUT2D eigenvalue weighted by molar-refractivity contribution is 6.36. The SMILES string of the molecule is N#Cc1ccccc1Oc1ccc(NC2=C(c3cccc(NC(=O)[C@@H](N)CCC(=O)O)c3)C(=O)NC2=O)cc1. The van der Waals surface area contributed by atoms with Crippen LogP contribution in [0.3, 0.4) is 0 Å². The first kappa shape index (κ1) is 26.6. The number of nitriles is 1. The van der Waals surface area contributed by atoms with Crippen molar-refractivity contribution in [3.8, 4) is 17.6 Å². The lowest BCUT2D eigenvalue weighted by Gasteiger charge is -2.13. The molecule has 1 aliphatic heterocycles. The number of nitrogens with two attached hydrogens (primary N) is 1. The van der Waals surface area contributed by atoms with Gasteiger partial charge < -0.3 is 26.2 Å². The lowest BCUT2D eigenvalue weighted by molar-refractivity contribution is -0.137. The highest BCUT2D eigenvalue weighted by Crippen LogP contribution is 2.29. The minimum atomic E-state index is -1.06. The monoisotopic (exact) mass is 525 g/mol. The molecule has 1 heterocycles. The summed E-state index contributed by atoms with van der Waals surface area (Å²) in [5.41, 5.74) is 7.43. The molecule has 4 rings (SSSR count). The van der Waals surface area contributed by atoms with Crippen LogP contribution in [0.2, 0.25) is 0 Å². The first-order valence-corrected chi connectivity index (χ1v) is 11.8. The average molecular weight is 526 g/mol. The predicted molar refractivity (Wildman–Crippen MR) is 141 cm³/mol. The molecule has 11 nitrogen and oxygen atoms in total. The number of rotatable bonds is 10. The summed E-state index contributed by atoms with van der Waals surface area (Å²) >= 11 is 0. The number of aliphatic carboxylic acids is 1. The molecule has 0 aromatic heterocycles. The van der Waals surface area contributed by atoms with Crippen molar-refractivity contribution in [3.05, 3.63) is 89.6 Å². The highest BCUT2D eigenvalue weighted by Gasteiger charge is 2.31. The minimum absolute atomic E-state index is 0.0186. The molecule has 0 saturated carbocycles. The van der Waals surface area contributed by atoms with Crippen molar-refractivity contribution in [2.75, 3.05) is 10.6 Å². The van der Waals surface area contributed by atoms with Crippen LogP contribution in [-0.4, -0.2) is 34.8 Å². The smallest absolute Gasteiger partial charge is 0.303 e. The quantitative estimate of drug-likeness (QED) is 0.248. The van der Waals surface area contributed by atoms with Gasteiger partial charge in [0.15, 0.2) is 0 Å². The Kier molecular flexibility index (Phi) is 7.99. The second kappa shape index (κ2) is 11.7. The zero-order valence-corrected chi connectivity index (χ0v) is 20.4. The Morgan fingerprint density at radius 3 is 2.46 bits per heavy atom. The number of carbonyl (C=O) groups is 4. The van der Waals surface area contributed by atoms with E-state index in [4.69, 9.17) is 15.6 Å². The average Bonchev–Trinajstić information content (AvgIpc) is 3.20. The van der Waals surface area contributed by atoms with Crippen LogP contribution in [0, 0.1) is 11.3 Å². The number of ether oxygens (including phenoxy) is 1. The van der Waals surface area contributed by atoms with Crippen molar-refractivity contribution >= 4 is 40.6 Å². The van der Waals surface area contributed by atoms with E-state index in [0.717, 1.165) is 0 Å². The lowest BCUT2D eigenvalue weighted by atomic mass is 10.0. The Morgan fingerprint density at radius 1 is 1.00 bits per heavy atom. The van der Waals surface area contributed by atoms with Gasteiger partial charge in [0.2, 0.25) is 5.91 Å². The third kappa shape index (κ3) is 6.46. The van der Waals surface area contributed by atoms with Gasteiger partial charge in [-0.25, -0.2) is 0 Å². The van der Waals surface area contributed by atoms with Gasteiger partial charge in [-0.05, 0) is 60.5 Å². The number of hydrogen-bond donors (Lipinski definition) is 5. The number of para-hydroxylation sites is 1. The molecule has 0 spiro atoms. The standard InChI is InChI=1S/C28H23N5O6/c29-15-17-4-1-2-7-22(17)39-20-10-8-18(9-11-20)31-25-24(27(37)33-28(25)38)16-5-3-6-19(14-16)32-26(36)21(30)12-13-23(34)35/h1-11,14,21H,12-13,30H2,(H,32,36)(H,34,35)(H2,31,33,37,38)/t21-/m0/s1. The second-order valence-electron chi connectivity index (χ2n) is 8.50. The van der Waals surface area contributed by atoms with Crippen LogP contribution in [-0.2, 0) is 19.2 Å². The number of benzene rings is 3. The van der Waals surface area contributed by atoms with Crippen molar-refractivity contribution in [1.82, 2.24) is 5.32 Å². The Balaban J connectivity index is 1.52. The fourth-order valence-electron chi connectivity index (χ4n) is 3.77. The van der Waals surface area contributed by atoms with E-state index in [1.807, 2.05) is 0 Å². The number of carboxylic acid groups (broad SMARTS) is 1. The van der Waals surface area contributed by atoms with Gasteiger partial charge in [0, 0.05) is 17.8 Å². The fourth-order valence-corrected chi connectivity index (χ4v) is 3.77. The molecule has 196 valence electrons. The van der Waals surface area contributed by atoms with Crippen LogP contribution in [0.1, 0.15) is 24.0 Å². The maximum absolute atomic E-state index is 12.7. The van der Waals surface area contributed by atoms with Crippen molar-refractivity contribution in [2.45, 2.75) is 18.9 Å². The molecule has 3 aromatic carbocycles. The molecule has 0 saturated heterocycles. The third-order valence-electron chi connectivity index (χ3n) is 5.71. The molecular weight excluding hydrogens is 502 g/mol. The molecule has 0 bridgehead atoms. The topological polar surface area (TPSA) is 184 Å².